The molecule has 5 nitrogen and oxygen atoms in total. The highest BCUT2D eigenvalue weighted by Gasteiger charge is 2.29. The number of piperazine rings is 1. The maximum Gasteiger partial charge on any atom is 0.237 e. The predicted octanol–water partition coefficient (Wildman–Crippen LogP) is 0.785. The summed E-state index contributed by atoms with van der Waals surface area (Å²) in [5.74, 6) is 0.0979. The number of carbonyl (C=O) groups excluding carboxylic acids is 2. The van der Waals surface area contributed by atoms with Crippen LogP contribution in [0, 0.1) is 0 Å². The van der Waals surface area contributed by atoms with Gasteiger partial charge in [0.15, 0.2) is 5.78 Å². The van der Waals surface area contributed by atoms with E-state index >= 15 is 0 Å². The molecule has 1 unspecified atom stereocenters. The number of nitrogens with zero attached hydrogens (tertiary/aromatic N) is 1. The molecule has 0 aliphatic carbocycles. The van der Waals surface area contributed by atoms with E-state index in [2.05, 4.69) is 5.32 Å². The summed E-state index contributed by atoms with van der Waals surface area (Å²) in [6.45, 7) is 3.44. The molecule has 2 N–H and O–H groups in total. The fraction of sp³-hybridized carbons (Fsp3) is 0.429. The van der Waals surface area contributed by atoms with E-state index in [1.165, 1.54) is 12.1 Å². The van der Waals surface area contributed by atoms with Gasteiger partial charge in [0.25, 0.3) is 0 Å². The average Bonchev–Trinajstić information content (AvgIpc) is 2.39. The van der Waals surface area contributed by atoms with Crippen molar-refractivity contribution in [3.63, 3.8) is 0 Å². The van der Waals surface area contributed by atoms with Crippen LogP contribution >= 0.6 is 0 Å². The maximum absolute atomic E-state index is 12.1. The topological polar surface area (TPSA) is 69.6 Å². The van der Waals surface area contributed by atoms with Gasteiger partial charge in [0.2, 0.25) is 5.91 Å². The molecule has 1 heterocycles. The van der Waals surface area contributed by atoms with E-state index in [0.29, 0.717) is 25.1 Å². The molecule has 1 aliphatic heterocycles. The molecule has 0 bridgehead atoms. The van der Waals surface area contributed by atoms with Crippen molar-refractivity contribution < 1.29 is 14.7 Å². The van der Waals surface area contributed by atoms with E-state index in [9.17, 15) is 14.7 Å². The van der Waals surface area contributed by atoms with Gasteiger partial charge in [-0.2, -0.15) is 0 Å². The molecular formula is C14H18N2O3. The Morgan fingerprint density at radius 2 is 2.11 bits per heavy atom. The minimum absolute atomic E-state index is 0.00717. The zero-order valence-electron chi connectivity index (χ0n) is 10.9. The first-order valence-electron chi connectivity index (χ1n) is 6.46. The molecule has 1 saturated heterocycles. The monoisotopic (exact) mass is 262 g/mol. The first-order chi connectivity index (χ1) is 9.11. The van der Waals surface area contributed by atoms with Gasteiger partial charge in [-0.05, 0) is 30.7 Å². The van der Waals surface area contributed by atoms with Gasteiger partial charge in [-0.15, -0.1) is 0 Å². The van der Waals surface area contributed by atoms with Crippen molar-refractivity contribution in [2.45, 2.75) is 19.4 Å². The van der Waals surface area contributed by atoms with Crippen LogP contribution in [0.2, 0.25) is 0 Å². The molecule has 1 amide bonds. The van der Waals surface area contributed by atoms with Crippen LogP contribution in [-0.2, 0) is 4.79 Å². The van der Waals surface area contributed by atoms with Crippen molar-refractivity contribution in [2.75, 3.05) is 19.6 Å². The van der Waals surface area contributed by atoms with Gasteiger partial charge < -0.3 is 10.4 Å². The van der Waals surface area contributed by atoms with E-state index in [0.717, 1.165) is 0 Å². The number of hydrogen-bond acceptors (Lipinski definition) is 4. The summed E-state index contributed by atoms with van der Waals surface area (Å²) in [7, 11) is 0. The lowest BCUT2D eigenvalue weighted by Gasteiger charge is -2.33. The molecule has 1 atom stereocenters. The first-order valence-corrected chi connectivity index (χ1v) is 6.46. The van der Waals surface area contributed by atoms with Gasteiger partial charge in [-0.1, -0.05) is 6.92 Å². The first kappa shape index (κ1) is 13.5. The van der Waals surface area contributed by atoms with E-state index in [1.54, 1.807) is 12.1 Å². The molecule has 1 aliphatic rings. The Labute approximate surface area is 112 Å². The summed E-state index contributed by atoms with van der Waals surface area (Å²) in [5, 5.41) is 12.0. The number of hydrogen-bond donors (Lipinski definition) is 2. The highest BCUT2D eigenvalue weighted by atomic mass is 16.3. The summed E-state index contributed by atoms with van der Waals surface area (Å²) in [5.41, 5.74) is 0.554. The second-order valence-corrected chi connectivity index (χ2v) is 4.66. The van der Waals surface area contributed by atoms with Crippen LogP contribution in [0.15, 0.2) is 24.3 Å². The Morgan fingerprint density at radius 3 is 2.74 bits per heavy atom. The minimum atomic E-state index is -0.227. The number of rotatable bonds is 4. The minimum Gasteiger partial charge on any atom is -0.508 e. The van der Waals surface area contributed by atoms with Gasteiger partial charge in [0.05, 0.1) is 12.6 Å². The summed E-state index contributed by atoms with van der Waals surface area (Å²) < 4.78 is 0. The standard InChI is InChI=1S/C14H18N2O3/c1-2-12-14(19)15-7-8-16(12)9-13(18)10-3-5-11(17)6-4-10/h3-6,12,17H,2,7-9H2,1H3,(H,15,19). The van der Waals surface area contributed by atoms with Crippen molar-refractivity contribution in [1.29, 1.82) is 0 Å². The van der Waals surface area contributed by atoms with Gasteiger partial charge in [-0.3, -0.25) is 14.5 Å². The van der Waals surface area contributed by atoms with E-state index in [1.807, 2.05) is 11.8 Å². The Hall–Kier alpha value is -1.88. The number of benzene rings is 1. The van der Waals surface area contributed by atoms with Crippen LogP contribution in [0.4, 0.5) is 0 Å². The van der Waals surface area contributed by atoms with E-state index in [4.69, 9.17) is 0 Å². The molecule has 0 radical (unpaired) electrons. The quantitative estimate of drug-likeness (QED) is 0.787. The van der Waals surface area contributed by atoms with Crippen LogP contribution < -0.4 is 5.32 Å². The summed E-state index contributed by atoms with van der Waals surface area (Å²) in [4.78, 5) is 25.7. The van der Waals surface area contributed by atoms with Gasteiger partial charge in [0, 0.05) is 18.7 Å². The summed E-state index contributed by atoms with van der Waals surface area (Å²) >= 11 is 0. The number of nitrogens with one attached hydrogen (secondary N) is 1. The molecule has 0 spiro atoms. The molecule has 2 rings (SSSR count). The third-order valence-electron chi connectivity index (χ3n) is 3.36. The van der Waals surface area contributed by atoms with Crippen LogP contribution in [0.3, 0.4) is 0 Å². The Bertz CT molecular complexity index is 470. The van der Waals surface area contributed by atoms with Crippen LogP contribution in [0.25, 0.3) is 0 Å². The fourth-order valence-corrected chi connectivity index (χ4v) is 2.32. The smallest absolute Gasteiger partial charge is 0.237 e. The van der Waals surface area contributed by atoms with Gasteiger partial charge in [-0.25, -0.2) is 0 Å². The fourth-order valence-electron chi connectivity index (χ4n) is 2.32. The van der Waals surface area contributed by atoms with Crippen molar-refractivity contribution in [3.8, 4) is 5.75 Å². The molecule has 0 saturated carbocycles. The molecule has 1 fully saturated rings. The highest BCUT2D eigenvalue weighted by Crippen LogP contribution is 2.13. The van der Waals surface area contributed by atoms with Crippen molar-refractivity contribution >= 4 is 11.7 Å². The molecular weight excluding hydrogens is 244 g/mol. The number of ketones is 1. The van der Waals surface area contributed by atoms with E-state index < -0.39 is 0 Å². The third kappa shape index (κ3) is 3.12. The predicted molar refractivity (Wildman–Crippen MR) is 71.1 cm³/mol. The highest BCUT2D eigenvalue weighted by molar-refractivity contribution is 5.98. The number of phenols is 1. The number of Topliss-reactive ketones (excluding diaryl/α,β-unsaturated/α-hetero) is 1. The molecule has 1 aromatic rings. The van der Waals surface area contributed by atoms with Crippen LogP contribution in [-0.4, -0.2) is 47.4 Å². The second kappa shape index (κ2) is 5.84. The lowest BCUT2D eigenvalue weighted by molar-refractivity contribution is -0.128. The van der Waals surface area contributed by atoms with Crippen molar-refractivity contribution in [3.05, 3.63) is 29.8 Å². The SMILES string of the molecule is CCC1C(=O)NCCN1CC(=O)c1ccc(O)cc1. The second-order valence-electron chi connectivity index (χ2n) is 4.66. The Kier molecular flexibility index (Phi) is 4.16. The number of phenolic OH excluding ortho intramolecular Hbond substituents is 1. The number of amides is 1. The van der Waals surface area contributed by atoms with Gasteiger partial charge >= 0.3 is 0 Å². The molecule has 0 aromatic heterocycles. The summed E-state index contributed by atoms with van der Waals surface area (Å²) in [6, 6.07) is 5.96. The molecule has 102 valence electrons. The summed E-state index contributed by atoms with van der Waals surface area (Å²) in [6.07, 6.45) is 0.689. The molecule has 1 aromatic carbocycles. The zero-order chi connectivity index (χ0) is 13.8. The van der Waals surface area contributed by atoms with Crippen molar-refractivity contribution in [2.24, 2.45) is 0 Å². The lowest BCUT2D eigenvalue weighted by atomic mass is 10.1. The van der Waals surface area contributed by atoms with Crippen molar-refractivity contribution in [1.82, 2.24) is 10.2 Å². The Balaban J connectivity index is 2.05. The van der Waals surface area contributed by atoms with Gasteiger partial charge in [0.1, 0.15) is 5.75 Å². The Morgan fingerprint density at radius 1 is 1.42 bits per heavy atom. The van der Waals surface area contributed by atoms with E-state index in [-0.39, 0.29) is 30.0 Å². The lowest BCUT2D eigenvalue weighted by Crippen LogP contribution is -2.56. The maximum atomic E-state index is 12.1. The number of carbonyl (C=O) groups is 2. The number of aromatic hydroxyl groups is 1. The molecule has 5 heteroatoms. The molecule has 19 heavy (non-hydrogen) atoms. The zero-order valence-corrected chi connectivity index (χ0v) is 10.9. The largest absolute Gasteiger partial charge is 0.508 e. The normalized spacial score (nSPS) is 20.1. The third-order valence-corrected chi connectivity index (χ3v) is 3.36. The van der Waals surface area contributed by atoms with Crippen LogP contribution in [0.5, 0.6) is 5.75 Å². The average molecular weight is 262 g/mol. The van der Waals surface area contributed by atoms with Crippen LogP contribution in [0.1, 0.15) is 23.7 Å².